The number of anilines is 1. The van der Waals surface area contributed by atoms with Gasteiger partial charge in [-0.2, -0.15) is 0 Å². The van der Waals surface area contributed by atoms with Crippen molar-refractivity contribution in [2.75, 3.05) is 31.7 Å². The molecule has 0 aliphatic carbocycles. The lowest BCUT2D eigenvalue weighted by atomic mass is 10.4. The van der Waals surface area contributed by atoms with Gasteiger partial charge in [-0.1, -0.05) is 0 Å². The predicted molar refractivity (Wildman–Crippen MR) is 65.3 cm³/mol. The van der Waals surface area contributed by atoms with Gasteiger partial charge in [-0.05, 0) is 26.0 Å². The molecule has 0 aromatic carbocycles. The molecule has 5 heteroatoms. The zero-order valence-electron chi connectivity index (χ0n) is 10.5. The molecule has 0 radical (unpaired) electrons. The van der Waals surface area contributed by atoms with E-state index in [1.54, 1.807) is 20.2 Å². The first kappa shape index (κ1) is 13.3. The third-order valence-corrected chi connectivity index (χ3v) is 2.29. The number of ether oxygens (including phenoxy) is 2. The van der Waals surface area contributed by atoms with Gasteiger partial charge in [0.1, 0.15) is 18.1 Å². The molecule has 0 amide bonds. The zero-order chi connectivity index (χ0) is 12.7. The van der Waals surface area contributed by atoms with Gasteiger partial charge in [0, 0.05) is 6.54 Å². The van der Waals surface area contributed by atoms with Crippen LogP contribution in [0.5, 0.6) is 5.75 Å². The van der Waals surface area contributed by atoms with E-state index in [0.717, 1.165) is 5.82 Å². The number of hydrogen-bond acceptors (Lipinski definition) is 5. The van der Waals surface area contributed by atoms with Gasteiger partial charge in [0.05, 0.1) is 19.9 Å². The van der Waals surface area contributed by atoms with E-state index >= 15 is 0 Å². The van der Waals surface area contributed by atoms with E-state index < -0.39 is 0 Å². The Balaban J connectivity index is 2.68. The van der Waals surface area contributed by atoms with Gasteiger partial charge < -0.3 is 14.4 Å². The van der Waals surface area contributed by atoms with Crippen molar-refractivity contribution < 1.29 is 14.3 Å². The smallest absolute Gasteiger partial charge is 0.325 e. The number of aromatic nitrogens is 1. The molecular formula is C12H18N2O3. The first-order chi connectivity index (χ1) is 8.21. The van der Waals surface area contributed by atoms with Crippen LogP contribution in [0.1, 0.15) is 13.8 Å². The van der Waals surface area contributed by atoms with Crippen LogP contribution in [0.2, 0.25) is 0 Å². The Morgan fingerprint density at radius 2 is 2.18 bits per heavy atom. The molecule has 0 spiro atoms. The Labute approximate surface area is 101 Å². The summed E-state index contributed by atoms with van der Waals surface area (Å²) in [5.41, 5.74) is 0. The average Bonchev–Trinajstić information content (AvgIpc) is 2.36. The Morgan fingerprint density at radius 3 is 2.65 bits per heavy atom. The predicted octanol–water partition coefficient (Wildman–Crippen LogP) is 1.48. The van der Waals surface area contributed by atoms with Gasteiger partial charge in [-0.3, -0.25) is 4.79 Å². The summed E-state index contributed by atoms with van der Waals surface area (Å²) >= 11 is 0. The van der Waals surface area contributed by atoms with Crippen LogP contribution in [-0.4, -0.2) is 37.8 Å². The molecule has 0 bridgehead atoms. The fraction of sp³-hybridized carbons (Fsp3) is 0.500. The summed E-state index contributed by atoms with van der Waals surface area (Å²) in [6.07, 6.45) is 1.63. The second-order valence-corrected chi connectivity index (χ2v) is 3.38. The van der Waals surface area contributed by atoms with Gasteiger partial charge in [-0.15, -0.1) is 0 Å². The summed E-state index contributed by atoms with van der Waals surface area (Å²) in [7, 11) is 1.59. The molecule has 0 aliphatic rings. The number of methoxy groups -OCH3 is 1. The zero-order valence-corrected chi connectivity index (χ0v) is 10.5. The lowest BCUT2D eigenvalue weighted by Crippen LogP contribution is -2.31. The molecule has 1 aromatic rings. The molecule has 0 atom stereocenters. The fourth-order valence-corrected chi connectivity index (χ4v) is 1.40. The van der Waals surface area contributed by atoms with Crippen LogP contribution in [0.3, 0.4) is 0 Å². The second kappa shape index (κ2) is 6.73. The molecule has 0 saturated heterocycles. The number of rotatable bonds is 6. The van der Waals surface area contributed by atoms with Crippen LogP contribution in [0.25, 0.3) is 0 Å². The molecule has 5 nitrogen and oxygen atoms in total. The van der Waals surface area contributed by atoms with E-state index in [0.29, 0.717) is 18.9 Å². The first-order valence-electron chi connectivity index (χ1n) is 5.61. The first-order valence-corrected chi connectivity index (χ1v) is 5.61. The van der Waals surface area contributed by atoms with E-state index in [1.807, 2.05) is 24.0 Å². The number of pyridine rings is 1. The Morgan fingerprint density at radius 1 is 1.41 bits per heavy atom. The molecular weight excluding hydrogens is 220 g/mol. The van der Waals surface area contributed by atoms with Crippen molar-refractivity contribution >= 4 is 11.8 Å². The highest BCUT2D eigenvalue weighted by Gasteiger charge is 2.11. The summed E-state index contributed by atoms with van der Waals surface area (Å²) in [5.74, 6) is 1.19. The van der Waals surface area contributed by atoms with E-state index in [9.17, 15) is 4.79 Å². The lowest BCUT2D eigenvalue weighted by Gasteiger charge is -2.20. The normalized spacial score (nSPS) is 9.82. The molecule has 0 aliphatic heterocycles. The quantitative estimate of drug-likeness (QED) is 0.703. The molecule has 94 valence electrons. The van der Waals surface area contributed by atoms with Crippen molar-refractivity contribution in [3.63, 3.8) is 0 Å². The van der Waals surface area contributed by atoms with Gasteiger partial charge >= 0.3 is 5.97 Å². The number of likely N-dealkylation sites (N-methyl/N-ethyl adjacent to an activating group) is 1. The number of hydrogen-bond donors (Lipinski definition) is 0. The summed E-state index contributed by atoms with van der Waals surface area (Å²) in [6.45, 7) is 5.05. The molecule has 1 aromatic heterocycles. The minimum absolute atomic E-state index is 0.212. The topological polar surface area (TPSA) is 51.7 Å². The third kappa shape index (κ3) is 3.94. The molecule has 0 saturated carbocycles. The third-order valence-electron chi connectivity index (χ3n) is 2.29. The van der Waals surface area contributed by atoms with Crippen LogP contribution in [-0.2, 0) is 9.53 Å². The largest absolute Gasteiger partial charge is 0.495 e. The Bertz CT molecular complexity index is 351. The Hall–Kier alpha value is -1.78. The monoisotopic (exact) mass is 238 g/mol. The van der Waals surface area contributed by atoms with Crippen molar-refractivity contribution in [2.45, 2.75) is 13.8 Å². The molecule has 0 N–H and O–H groups in total. The number of carbonyl (C=O) groups excluding carboxylic acids is 1. The molecule has 17 heavy (non-hydrogen) atoms. The molecule has 0 unspecified atom stereocenters. The van der Waals surface area contributed by atoms with Crippen molar-refractivity contribution in [2.24, 2.45) is 0 Å². The molecule has 0 fully saturated rings. The van der Waals surface area contributed by atoms with Gasteiger partial charge in [0.15, 0.2) is 0 Å². The van der Waals surface area contributed by atoms with Crippen LogP contribution in [0, 0.1) is 0 Å². The maximum Gasteiger partial charge on any atom is 0.325 e. The van der Waals surface area contributed by atoms with Gasteiger partial charge in [0.2, 0.25) is 0 Å². The van der Waals surface area contributed by atoms with Gasteiger partial charge in [-0.25, -0.2) is 4.98 Å². The SMILES string of the molecule is CCOC(=O)CN(CC)c1ccc(OC)cn1. The van der Waals surface area contributed by atoms with Crippen LogP contribution in [0.4, 0.5) is 5.82 Å². The maximum atomic E-state index is 11.4. The Kier molecular flexibility index (Phi) is 5.26. The van der Waals surface area contributed by atoms with Crippen LogP contribution in [0.15, 0.2) is 18.3 Å². The maximum absolute atomic E-state index is 11.4. The molecule has 1 rings (SSSR count). The average molecular weight is 238 g/mol. The van der Waals surface area contributed by atoms with E-state index in [1.165, 1.54) is 0 Å². The minimum Gasteiger partial charge on any atom is -0.495 e. The van der Waals surface area contributed by atoms with Crippen molar-refractivity contribution in [3.8, 4) is 5.75 Å². The van der Waals surface area contributed by atoms with Crippen LogP contribution >= 0.6 is 0 Å². The highest BCUT2D eigenvalue weighted by Crippen LogP contribution is 2.15. The van der Waals surface area contributed by atoms with Crippen molar-refractivity contribution in [1.29, 1.82) is 0 Å². The number of esters is 1. The van der Waals surface area contributed by atoms with Gasteiger partial charge in [0.25, 0.3) is 0 Å². The summed E-state index contributed by atoms with van der Waals surface area (Å²) in [6, 6.07) is 3.64. The highest BCUT2D eigenvalue weighted by atomic mass is 16.5. The van der Waals surface area contributed by atoms with Crippen molar-refractivity contribution in [3.05, 3.63) is 18.3 Å². The standard InChI is InChI=1S/C12H18N2O3/c1-4-14(9-12(15)17-5-2)11-7-6-10(16-3)8-13-11/h6-8H,4-5,9H2,1-3H3. The highest BCUT2D eigenvalue weighted by molar-refractivity contribution is 5.75. The summed E-state index contributed by atoms with van der Waals surface area (Å²) in [4.78, 5) is 17.5. The minimum atomic E-state index is -0.244. The van der Waals surface area contributed by atoms with Crippen LogP contribution < -0.4 is 9.64 Å². The van der Waals surface area contributed by atoms with E-state index in [2.05, 4.69) is 4.98 Å². The number of carbonyl (C=O) groups is 1. The summed E-state index contributed by atoms with van der Waals surface area (Å²) in [5, 5.41) is 0. The number of nitrogens with zero attached hydrogens (tertiary/aromatic N) is 2. The van der Waals surface area contributed by atoms with Crippen molar-refractivity contribution in [1.82, 2.24) is 4.98 Å². The lowest BCUT2D eigenvalue weighted by molar-refractivity contribution is -0.141. The second-order valence-electron chi connectivity index (χ2n) is 3.38. The summed E-state index contributed by atoms with van der Waals surface area (Å²) < 4.78 is 9.94. The van der Waals surface area contributed by atoms with E-state index in [-0.39, 0.29) is 12.5 Å². The fourth-order valence-electron chi connectivity index (χ4n) is 1.40. The molecule has 1 heterocycles. The van der Waals surface area contributed by atoms with E-state index in [4.69, 9.17) is 9.47 Å².